The molecule has 10 atom stereocenters. The van der Waals surface area contributed by atoms with Gasteiger partial charge in [-0.15, -0.1) is 0 Å². The highest BCUT2D eigenvalue weighted by Crippen LogP contribution is 2.30. The summed E-state index contributed by atoms with van der Waals surface area (Å²) in [6.07, 6.45) is 0. The molecule has 0 saturated carbocycles. The van der Waals surface area contributed by atoms with Crippen LogP contribution in [0.2, 0.25) is 373 Å². The average molecular weight is 2110 g/mol. The van der Waals surface area contributed by atoms with Gasteiger partial charge in [-0.1, -0.05) is 0 Å². The van der Waals surface area contributed by atoms with Crippen molar-refractivity contribution in [2.24, 2.45) is 0 Å². The van der Waals surface area contributed by atoms with E-state index in [1.807, 2.05) is 45.8 Å². The molecule has 0 aromatic carbocycles. The molecule has 0 aliphatic heterocycles. The van der Waals surface area contributed by atoms with E-state index in [9.17, 15) is 0 Å². The molecule has 0 aromatic rings. The first-order valence-corrected chi connectivity index (χ1v) is 122. The lowest BCUT2D eigenvalue weighted by molar-refractivity contribution is 0.0938. The summed E-state index contributed by atoms with van der Waals surface area (Å²) in [6, 6.07) is 0. The molecule has 0 amide bonds. The molecule has 55 heteroatoms. The monoisotopic (exact) mass is 2110 g/mol. The predicted molar refractivity (Wildman–Crippen MR) is 552 cm³/mol. The molecule has 0 aromatic heterocycles. The lowest BCUT2D eigenvalue weighted by Crippen LogP contribution is -2.67. The molecule has 25 nitrogen and oxygen atoms in total. The van der Waals surface area contributed by atoms with Crippen LogP contribution >= 0.6 is 0 Å². The van der Waals surface area contributed by atoms with Crippen molar-refractivity contribution in [1.29, 1.82) is 0 Å². The van der Waals surface area contributed by atoms with Gasteiger partial charge in [-0.05, 0) is 360 Å². The van der Waals surface area contributed by atoms with Crippen molar-refractivity contribution in [2.45, 2.75) is 373 Å². The summed E-state index contributed by atoms with van der Waals surface area (Å²) >= 11 is 0. The Hall–Kier alpha value is 5.51. The molecule has 0 radical (unpaired) electrons. The third-order valence-corrected chi connectivity index (χ3v) is 102. The van der Waals surface area contributed by atoms with Crippen LogP contribution < -0.4 is 0 Å². The molecule has 682 valence electrons. The van der Waals surface area contributed by atoms with E-state index in [0.29, 0.717) is 0 Å². The van der Waals surface area contributed by atoms with Gasteiger partial charge in [-0.2, -0.15) is 0 Å². The maximum atomic E-state index is 7.07. The fourth-order valence-electron chi connectivity index (χ4n) is 10.9. The van der Waals surface area contributed by atoms with Crippen molar-refractivity contribution in [3.63, 3.8) is 0 Å². The lowest BCUT2D eigenvalue weighted by atomic mass is 11.8. The van der Waals surface area contributed by atoms with E-state index in [1.54, 1.807) is 0 Å². The molecular formula is C57H184O25Si30. The first kappa shape index (κ1) is 126. The SMILES string of the molecule is C[SiH](C)O[SiH](C)O[Si](C)(C)O[SiH](C)C.C[SiH](O[Si](C)(C)C)O[Si](C)(C)C.C[SiH](O[Si](C)(C)C)O[Si](C)(C)O[Si](C)(C)C.C[SiH](O[Si](C)(C)C)O[Si](C)(O[SiH](C)O[Si](C)(C)C)O[SiH](C)O[Si](C)(C)C.C[SiH](O[Si](C)(C)C)O[Si](C)(O[SiH](C)O[Si](C)(C)C)O[Si](O[SiH](C)O[Si](C)(C)C)(O[SiH](C)O[Si](C)(C)C)O[SiH](C)O[Si](C)(C)C. The van der Waals surface area contributed by atoms with E-state index in [0.717, 1.165) is 0 Å². The van der Waals surface area contributed by atoms with E-state index in [-0.39, 0.29) is 0 Å². The van der Waals surface area contributed by atoms with Crippen LogP contribution in [0.15, 0.2) is 0 Å². The zero-order chi connectivity index (χ0) is 90.7. The van der Waals surface area contributed by atoms with Crippen LogP contribution in [0.1, 0.15) is 0 Å². The second-order valence-corrected chi connectivity index (χ2v) is 143. The molecule has 0 bridgehead atoms. The molecule has 0 rings (SSSR count). The van der Waals surface area contributed by atoms with Crippen LogP contribution in [0.3, 0.4) is 0 Å². The molecule has 0 aliphatic rings. The summed E-state index contributed by atoms with van der Waals surface area (Å²) < 4.78 is 159. The van der Waals surface area contributed by atoms with Gasteiger partial charge >= 0.3 is 118 Å². The van der Waals surface area contributed by atoms with E-state index < -0.39 is 264 Å². The smallest absolute Gasteiger partial charge is 0.442 e. The molecule has 0 heterocycles. The van der Waals surface area contributed by atoms with E-state index in [4.69, 9.17) is 103 Å². The van der Waals surface area contributed by atoms with Gasteiger partial charge in [0.2, 0.25) is 0 Å². The van der Waals surface area contributed by atoms with Crippen LogP contribution in [0.25, 0.3) is 0 Å². The quantitative estimate of drug-likeness (QED) is 0.0515. The molecule has 0 saturated heterocycles. The van der Waals surface area contributed by atoms with Gasteiger partial charge in [0.05, 0.1) is 0 Å². The predicted octanol–water partition coefficient (Wildman–Crippen LogP) is 16.7. The summed E-state index contributed by atoms with van der Waals surface area (Å²) in [5.74, 6) is 0. The van der Waals surface area contributed by atoms with Gasteiger partial charge in [0.1, 0.15) is 0 Å². The summed E-state index contributed by atoms with van der Waals surface area (Å²) in [4.78, 5) is 0. The van der Waals surface area contributed by atoms with Crippen LogP contribution in [-0.4, -0.2) is 264 Å². The van der Waals surface area contributed by atoms with Gasteiger partial charge in [-0.25, -0.2) is 0 Å². The van der Waals surface area contributed by atoms with E-state index in [2.05, 4.69) is 327 Å². The lowest BCUT2D eigenvalue weighted by Gasteiger charge is -2.42. The Morgan fingerprint density at radius 3 is 0.482 bits per heavy atom. The van der Waals surface area contributed by atoms with Crippen molar-refractivity contribution < 1.29 is 103 Å². The Labute approximate surface area is 732 Å². The highest BCUT2D eigenvalue weighted by molar-refractivity contribution is 6.91. The zero-order valence-electron chi connectivity index (χ0n) is 83.2. The van der Waals surface area contributed by atoms with Gasteiger partial charge in [0, 0.05) is 13.1 Å². The zero-order valence-corrected chi connectivity index (χ0v) is 115. The van der Waals surface area contributed by atoms with E-state index in [1.165, 1.54) is 0 Å². The van der Waals surface area contributed by atoms with E-state index >= 15 is 0 Å². The second kappa shape index (κ2) is 52.8. The summed E-state index contributed by atoms with van der Waals surface area (Å²) in [7, 11) is -57.6. The van der Waals surface area contributed by atoms with Crippen molar-refractivity contribution in [3.05, 3.63) is 0 Å². The normalized spacial score (nSPS) is 18.3. The minimum Gasteiger partial charge on any atom is -0.442 e. The molecule has 0 N–H and O–H groups in total. The van der Waals surface area contributed by atoms with Crippen molar-refractivity contribution >= 4 is 264 Å². The minimum absolute atomic E-state index is 0.939. The highest BCUT2D eigenvalue weighted by Gasteiger charge is 2.59. The van der Waals surface area contributed by atoms with Crippen LogP contribution in [0, 0.1) is 0 Å². The van der Waals surface area contributed by atoms with Crippen molar-refractivity contribution in [3.8, 4) is 0 Å². The third kappa shape index (κ3) is 87.6. The van der Waals surface area contributed by atoms with Crippen LogP contribution in [0.5, 0.6) is 0 Å². The largest absolute Gasteiger partial charge is 0.644 e. The molecule has 0 spiro atoms. The van der Waals surface area contributed by atoms with Crippen LogP contribution in [0.4, 0.5) is 0 Å². The molecular weight excluding hydrogens is 1930 g/mol. The fraction of sp³-hybridized carbons (Fsp3) is 1.00. The third-order valence-electron chi connectivity index (χ3n) is 11.3. The summed E-state index contributed by atoms with van der Waals surface area (Å²) in [5.41, 5.74) is 0. The Morgan fingerprint density at radius 2 is 0.304 bits per heavy atom. The Kier molecular flexibility index (Phi) is 59.5. The van der Waals surface area contributed by atoms with Gasteiger partial charge < -0.3 is 103 Å². The topological polar surface area (TPSA) is 231 Å². The first-order valence-electron chi connectivity index (χ1n) is 40.6. The summed E-state index contributed by atoms with van der Waals surface area (Å²) in [5, 5.41) is 0. The van der Waals surface area contributed by atoms with Crippen LogP contribution in [-0.2, 0) is 103 Å². The maximum Gasteiger partial charge on any atom is 0.644 e. The highest BCUT2D eigenvalue weighted by atomic mass is 28.6. The standard InChI is InChI=1S/C21H68O11Si12.C13H42O6Si7.C9H28O3Si4.C7H24O3Si4.C7H22O2Si3/c1-33(22-38(6,7)8)27-43(21,28-34(2)23-39(9,10)11)32-44(29-35(3)24-40(12,13)14,30-36(4)25-41(15,16)17)31-37(5)26-42(18,19)20;1-20(14-23(4,5)6)17-26(13,18-21(2)15-24(7,8)9)19-22(3)16-25(10,11)12;1-13(10-14(2,3)4)11-16(8,9)12-15(5,6)7;1-11(2)8-13(5)10-14(6,7)9-12(3)4;1-10(8-11(2,3)4)9-12(5,6)7/h33-37H,1-21H3;20-22H,1-13H3;13H,1-9H3;11-13H,1-7H3;10H,1-7H3. The Morgan fingerprint density at radius 1 is 0.134 bits per heavy atom. The first-order chi connectivity index (χ1) is 48.7. The van der Waals surface area contributed by atoms with Crippen molar-refractivity contribution in [1.82, 2.24) is 0 Å². The minimum atomic E-state index is -4.03. The molecule has 10 unspecified atom stereocenters. The average Bonchev–Trinajstić information content (AvgIpc) is 0.790. The van der Waals surface area contributed by atoms with Gasteiger partial charge in [-0.3, -0.25) is 0 Å². The number of hydrogen-bond donors (Lipinski definition) is 0. The number of rotatable bonds is 50. The van der Waals surface area contributed by atoms with Crippen molar-refractivity contribution in [2.75, 3.05) is 0 Å². The Balaban J connectivity index is -0.000000471. The number of hydrogen-bond acceptors (Lipinski definition) is 25. The molecule has 0 aliphatic carbocycles. The molecule has 112 heavy (non-hydrogen) atoms. The second-order valence-electron chi connectivity index (χ2n) is 41.6. The summed E-state index contributed by atoms with van der Waals surface area (Å²) in [6.45, 7) is 122. The fourth-order valence-corrected chi connectivity index (χ4v) is 110. The van der Waals surface area contributed by atoms with Gasteiger partial charge in [0.25, 0.3) is 27.9 Å². The molecule has 0 fully saturated rings. The van der Waals surface area contributed by atoms with Gasteiger partial charge in [0.15, 0.2) is 118 Å². The maximum absolute atomic E-state index is 7.07. The Bertz CT molecular complexity index is 2320.